The Kier molecular flexibility index (Phi) is 5.25. The van der Waals surface area contributed by atoms with Gasteiger partial charge >= 0.3 is 0 Å². The molecule has 2 N–H and O–H groups in total. The maximum atomic E-state index is 13.2. The minimum absolute atomic E-state index is 0.0365. The molecule has 1 aromatic carbocycles. The van der Waals surface area contributed by atoms with Crippen molar-refractivity contribution in [3.63, 3.8) is 0 Å². The Balaban J connectivity index is 1.60. The van der Waals surface area contributed by atoms with Crippen LogP contribution in [0, 0.1) is 5.92 Å². The van der Waals surface area contributed by atoms with Gasteiger partial charge in [-0.15, -0.1) is 11.3 Å². The molecule has 0 bridgehead atoms. The van der Waals surface area contributed by atoms with Gasteiger partial charge < -0.3 is 10.6 Å². The van der Waals surface area contributed by atoms with Crippen molar-refractivity contribution in [2.24, 2.45) is 11.7 Å². The molecule has 1 saturated heterocycles. The van der Waals surface area contributed by atoms with Crippen molar-refractivity contribution >= 4 is 23.2 Å². The molecule has 2 amide bonds. The van der Waals surface area contributed by atoms with E-state index in [0.29, 0.717) is 43.7 Å². The number of primary amides is 1. The predicted molar refractivity (Wildman–Crippen MR) is 109 cm³/mol. The van der Waals surface area contributed by atoms with Crippen LogP contribution in [0.3, 0.4) is 0 Å². The molecule has 0 atom stereocenters. The van der Waals surface area contributed by atoms with Gasteiger partial charge in [-0.1, -0.05) is 36.4 Å². The number of thiophene rings is 1. The summed E-state index contributed by atoms with van der Waals surface area (Å²) in [6, 6.07) is 14.0. The lowest BCUT2D eigenvalue weighted by Crippen LogP contribution is -2.41. The predicted octanol–water partition coefficient (Wildman–Crippen LogP) is 3.00. The van der Waals surface area contributed by atoms with Crippen LogP contribution in [0.5, 0.6) is 0 Å². The number of carbonyl (C=O) groups excluding carboxylic acids is 2. The lowest BCUT2D eigenvalue weighted by Gasteiger charge is -2.30. The molecule has 7 heteroatoms. The molecular weight excluding hydrogens is 372 g/mol. The number of likely N-dealkylation sites (tertiary alicyclic amines) is 1. The second kappa shape index (κ2) is 7.98. The van der Waals surface area contributed by atoms with E-state index >= 15 is 0 Å². The Bertz CT molecular complexity index is 958. The van der Waals surface area contributed by atoms with Gasteiger partial charge in [0.2, 0.25) is 5.91 Å². The third-order valence-electron chi connectivity index (χ3n) is 5.12. The van der Waals surface area contributed by atoms with Crippen molar-refractivity contribution in [3.05, 3.63) is 65.2 Å². The van der Waals surface area contributed by atoms with Gasteiger partial charge in [0, 0.05) is 25.2 Å². The average molecular weight is 395 g/mol. The fraction of sp³-hybridized carbons (Fsp3) is 0.286. The van der Waals surface area contributed by atoms with Gasteiger partial charge in [0.15, 0.2) is 0 Å². The van der Waals surface area contributed by atoms with Crippen LogP contribution in [0.15, 0.2) is 54.0 Å². The van der Waals surface area contributed by atoms with Crippen LogP contribution < -0.4 is 5.73 Å². The van der Waals surface area contributed by atoms with Crippen LogP contribution in [0.4, 0.5) is 0 Å². The molecule has 1 fully saturated rings. The third-order valence-corrected chi connectivity index (χ3v) is 6.00. The Hall–Kier alpha value is -2.93. The highest BCUT2D eigenvalue weighted by Crippen LogP contribution is 2.29. The maximum absolute atomic E-state index is 13.2. The normalized spacial score (nSPS) is 14.9. The fourth-order valence-corrected chi connectivity index (χ4v) is 4.29. The van der Waals surface area contributed by atoms with Crippen LogP contribution in [-0.4, -0.2) is 39.6 Å². The number of hydrogen-bond acceptors (Lipinski definition) is 4. The van der Waals surface area contributed by atoms with Crippen molar-refractivity contribution in [3.8, 4) is 10.6 Å². The minimum atomic E-state index is -0.276. The summed E-state index contributed by atoms with van der Waals surface area (Å²) in [7, 11) is 0. The van der Waals surface area contributed by atoms with E-state index in [1.807, 2.05) is 58.7 Å². The lowest BCUT2D eigenvalue weighted by atomic mass is 9.96. The number of nitrogens with two attached hydrogens (primary N) is 1. The van der Waals surface area contributed by atoms with Crippen molar-refractivity contribution in [2.45, 2.75) is 19.4 Å². The van der Waals surface area contributed by atoms with E-state index in [-0.39, 0.29) is 17.7 Å². The van der Waals surface area contributed by atoms with Crippen molar-refractivity contribution in [1.82, 2.24) is 14.7 Å². The van der Waals surface area contributed by atoms with Gasteiger partial charge in [0.05, 0.1) is 17.0 Å². The Labute approximate surface area is 167 Å². The van der Waals surface area contributed by atoms with Crippen molar-refractivity contribution < 1.29 is 9.59 Å². The van der Waals surface area contributed by atoms with Crippen LogP contribution in [-0.2, 0) is 11.3 Å². The SMILES string of the molecule is NC(=O)C1CCN(C(=O)c2cn(Cc3ccccc3)nc2-c2cccs2)CC1. The van der Waals surface area contributed by atoms with Gasteiger partial charge in [-0.05, 0) is 29.9 Å². The average Bonchev–Trinajstić information content (AvgIpc) is 3.38. The zero-order chi connectivity index (χ0) is 19.5. The second-order valence-electron chi connectivity index (χ2n) is 7.02. The van der Waals surface area contributed by atoms with E-state index < -0.39 is 0 Å². The Morgan fingerprint density at radius 1 is 1.11 bits per heavy atom. The van der Waals surface area contributed by atoms with Crippen molar-refractivity contribution in [1.29, 1.82) is 0 Å². The molecule has 4 rings (SSSR count). The summed E-state index contributed by atoms with van der Waals surface area (Å²) in [5.41, 5.74) is 7.86. The summed E-state index contributed by atoms with van der Waals surface area (Å²) in [4.78, 5) is 27.4. The number of hydrogen-bond donors (Lipinski definition) is 1. The molecule has 0 aliphatic carbocycles. The summed E-state index contributed by atoms with van der Waals surface area (Å²) in [5, 5.41) is 6.70. The summed E-state index contributed by atoms with van der Waals surface area (Å²) < 4.78 is 1.83. The van der Waals surface area contributed by atoms with E-state index in [2.05, 4.69) is 0 Å². The maximum Gasteiger partial charge on any atom is 0.257 e. The summed E-state index contributed by atoms with van der Waals surface area (Å²) in [6.07, 6.45) is 3.08. The third kappa shape index (κ3) is 3.84. The summed E-state index contributed by atoms with van der Waals surface area (Å²) in [6.45, 7) is 1.69. The quantitative estimate of drug-likeness (QED) is 0.722. The highest BCUT2D eigenvalue weighted by molar-refractivity contribution is 7.13. The van der Waals surface area contributed by atoms with Gasteiger partial charge in [-0.3, -0.25) is 14.3 Å². The van der Waals surface area contributed by atoms with E-state index in [0.717, 1.165) is 10.4 Å². The smallest absolute Gasteiger partial charge is 0.257 e. The van der Waals surface area contributed by atoms with Gasteiger partial charge in [0.1, 0.15) is 5.69 Å². The number of aromatic nitrogens is 2. The number of carbonyl (C=O) groups is 2. The van der Waals surface area contributed by atoms with Crippen molar-refractivity contribution in [2.75, 3.05) is 13.1 Å². The fourth-order valence-electron chi connectivity index (χ4n) is 3.56. The van der Waals surface area contributed by atoms with E-state index in [9.17, 15) is 9.59 Å². The Morgan fingerprint density at radius 3 is 2.50 bits per heavy atom. The topological polar surface area (TPSA) is 81.2 Å². The minimum Gasteiger partial charge on any atom is -0.369 e. The molecule has 6 nitrogen and oxygen atoms in total. The van der Waals surface area contributed by atoms with Crippen LogP contribution in [0.1, 0.15) is 28.8 Å². The van der Waals surface area contributed by atoms with Crippen LogP contribution >= 0.6 is 11.3 Å². The molecule has 144 valence electrons. The zero-order valence-electron chi connectivity index (χ0n) is 15.5. The largest absolute Gasteiger partial charge is 0.369 e. The summed E-state index contributed by atoms with van der Waals surface area (Å²) in [5.74, 6) is -0.450. The molecular formula is C21H22N4O2S. The number of amides is 2. The molecule has 28 heavy (non-hydrogen) atoms. The van der Waals surface area contributed by atoms with Crippen LogP contribution in [0.25, 0.3) is 10.6 Å². The number of rotatable bonds is 5. The first-order chi connectivity index (χ1) is 13.6. The molecule has 0 unspecified atom stereocenters. The highest BCUT2D eigenvalue weighted by atomic mass is 32.1. The number of benzene rings is 1. The van der Waals surface area contributed by atoms with Gasteiger partial charge in [0.25, 0.3) is 5.91 Å². The van der Waals surface area contributed by atoms with E-state index in [1.165, 1.54) is 0 Å². The first-order valence-electron chi connectivity index (χ1n) is 9.35. The number of piperidine rings is 1. The molecule has 1 aliphatic rings. The molecule has 2 aromatic heterocycles. The number of nitrogens with zero attached hydrogens (tertiary/aromatic N) is 3. The first-order valence-corrected chi connectivity index (χ1v) is 10.2. The van der Waals surface area contributed by atoms with Gasteiger partial charge in [-0.25, -0.2) is 0 Å². The lowest BCUT2D eigenvalue weighted by molar-refractivity contribution is -0.123. The second-order valence-corrected chi connectivity index (χ2v) is 7.97. The molecule has 3 aromatic rings. The monoisotopic (exact) mass is 394 g/mol. The van der Waals surface area contributed by atoms with E-state index in [4.69, 9.17) is 10.8 Å². The van der Waals surface area contributed by atoms with E-state index in [1.54, 1.807) is 16.2 Å². The zero-order valence-corrected chi connectivity index (χ0v) is 16.3. The van der Waals surface area contributed by atoms with Gasteiger partial charge in [-0.2, -0.15) is 5.10 Å². The Morgan fingerprint density at radius 2 is 1.86 bits per heavy atom. The molecule has 3 heterocycles. The molecule has 0 saturated carbocycles. The standard InChI is InChI=1S/C21H22N4O2S/c22-20(26)16-8-10-24(11-9-16)21(27)17-14-25(13-15-5-2-1-3-6-15)23-19(17)18-7-4-12-28-18/h1-7,12,14,16H,8-11,13H2,(H2,22,26). The molecule has 0 radical (unpaired) electrons. The van der Waals surface area contributed by atoms with Crippen LogP contribution in [0.2, 0.25) is 0 Å². The molecule has 1 aliphatic heterocycles. The first kappa shape index (κ1) is 18.4. The highest BCUT2D eigenvalue weighted by Gasteiger charge is 2.29. The summed E-state index contributed by atoms with van der Waals surface area (Å²) >= 11 is 1.57. The molecule has 0 spiro atoms.